The van der Waals surface area contributed by atoms with E-state index >= 15 is 0 Å². The van der Waals surface area contributed by atoms with Gasteiger partial charge in [-0.1, -0.05) is 0 Å². The molecule has 0 fully saturated rings. The lowest BCUT2D eigenvalue weighted by Gasteiger charge is -1.97. The molecule has 4 N–H and O–H groups in total. The normalized spacial score (nSPS) is 10.1. The Balaban J connectivity index is 0.000000980. The smallest absolute Gasteiger partial charge is 0.329 e. The Labute approximate surface area is 78.6 Å². The van der Waals surface area contributed by atoms with E-state index in [9.17, 15) is 9.59 Å². The fourth-order valence-corrected chi connectivity index (χ4v) is 1.26. The first kappa shape index (κ1) is 10.2. The van der Waals surface area contributed by atoms with Crippen molar-refractivity contribution in [1.29, 1.82) is 0 Å². The molecule has 0 aliphatic rings. The minimum Gasteiger partial charge on any atom is -0.344 e. The molecule has 2 heterocycles. The van der Waals surface area contributed by atoms with Crippen LogP contribution < -0.4 is 17.4 Å². The predicted molar refractivity (Wildman–Crippen MR) is 51.6 cm³/mol. The lowest BCUT2D eigenvalue weighted by molar-refractivity contribution is 0.829. The quantitative estimate of drug-likeness (QED) is 0.571. The molecule has 0 saturated heterocycles. The molecule has 7 nitrogen and oxygen atoms in total. The lowest BCUT2D eigenvalue weighted by atomic mass is 10.5. The Bertz CT molecular complexity index is 576. The van der Waals surface area contributed by atoms with E-state index in [0.29, 0.717) is 11.2 Å². The highest BCUT2D eigenvalue weighted by molar-refractivity contribution is 5.69. The predicted octanol–water partition coefficient (Wildman–Crippen LogP) is -0.878. The molecule has 2 aromatic heterocycles. The first-order chi connectivity index (χ1) is 6.11. The number of aromatic amines is 1. The highest BCUT2D eigenvalue weighted by Gasteiger charge is 2.08. The van der Waals surface area contributed by atoms with E-state index in [-0.39, 0.29) is 6.15 Å². The van der Waals surface area contributed by atoms with Crippen molar-refractivity contribution in [3.05, 3.63) is 27.2 Å². The van der Waals surface area contributed by atoms with Gasteiger partial charge in [0.2, 0.25) is 0 Å². The molecule has 0 aliphatic heterocycles. The maximum Gasteiger partial charge on any atom is 0.329 e. The van der Waals surface area contributed by atoms with Crippen LogP contribution in [-0.4, -0.2) is 19.1 Å². The highest BCUT2D eigenvalue weighted by Crippen LogP contribution is 2.00. The Morgan fingerprint density at radius 3 is 2.64 bits per heavy atom. The van der Waals surface area contributed by atoms with E-state index in [4.69, 9.17) is 0 Å². The van der Waals surface area contributed by atoms with Gasteiger partial charge in [-0.15, -0.1) is 0 Å². The van der Waals surface area contributed by atoms with Crippen LogP contribution in [0.25, 0.3) is 11.2 Å². The third-order valence-electron chi connectivity index (χ3n) is 1.98. The van der Waals surface area contributed by atoms with Crippen molar-refractivity contribution in [2.45, 2.75) is 0 Å². The molecule has 0 unspecified atom stereocenters. The number of aromatic nitrogens is 4. The standard InChI is InChI=1S/C7H8N4O2.H3N/c1-10-3-8-5-4(10)6(12)9-7(13)11(5)2;/h3H,1-2H3,(H,9,12,13);1H3. The van der Waals surface area contributed by atoms with Crippen molar-refractivity contribution in [3.63, 3.8) is 0 Å². The molecular weight excluding hydrogens is 186 g/mol. The van der Waals surface area contributed by atoms with Gasteiger partial charge in [0.15, 0.2) is 11.2 Å². The van der Waals surface area contributed by atoms with E-state index in [1.165, 1.54) is 10.9 Å². The van der Waals surface area contributed by atoms with Crippen LogP contribution in [0.3, 0.4) is 0 Å². The van der Waals surface area contributed by atoms with Gasteiger partial charge in [0.05, 0.1) is 6.33 Å². The Hall–Kier alpha value is -1.89. The van der Waals surface area contributed by atoms with Gasteiger partial charge in [-0.05, 0) is 0 Å². The molecule has 0 saturated carbocycles. The number of nitrogens with zero attached hydrogens (tertiary/aromatic N) is 3. The van der Waals surface area contributed by atoms with Crippen molar-refractivity contribution in [3.8, 4) is 0 Å². The molecule has 0 amide bonds. The zero-order valence-corrected chi connectivity index (χ0v) is 7.94. The summed E-state index contributed by atoms with van der Waals surface area (Å²) in [5.74, 6) is 0. The molecule has 2 aromatic rings. The number of hydrogen-bond donors (Lipinski definition) is 2. The molecule has 0 aromatic carbocycles. The fourth-order valence-electron chi connectivity index (χ4n) is 1.26. The largest absolute Gasteiger partial charge is 0.344 e. The number of nitrogens with one attached hydrogen (secondary N) is 1. The van der Waals surface area contributed by atoms with E-state index < -0.39 is 11.2 Å². The number of rotatable bonds is 0. The summed E-state index contributed by atoms with van der Waals surface area (Å²) in [6.07, 6.45) is 1.50. The Kier molecular flexibility index (Phi) is 2.26. The summed E-state index contributed by atoms with van der Waals surface area (Å²) in [4.78, 5) is 28.6. The maximum atomic E-state index is 11.3. The molecule has 0 atom stereocenters. The molecule has 7 heteroatoms. The van der Waals surface area contributed by atoms with Crippen LogP contribution >= 0.6 is 0 Å². The van der Waals surface area contributed by atoms with Gasteiger partial charge in [0.1, 0.15) is 0 Å². The van der Waals surface area contributed by atoms with Crippen molar-refractivity contribution in [2.24, 2.45) is 14.1 Å². The summed E-state index contributed by atoms with van der Waals surface area (Å²) in [6.45, 7) is 0. The number of H-pyrrole nitrogens is 1. The van der Waals surface area contributed by atoms with Crippen molar-refractivity contribution in [1.82, 2.24) is 25.3 Å². The van der Waals surface area contributed by atoms with Crippen molar-refractivity contribution < 1.29 is 0 Å². The number of imidazole rings is 1. The van der Waals surface area contributed by atoms with Gasteiger partial charge in [0, 0.05) is 14.1 Å². The molecule has 0 bridgehead atoms. The maximum absolute atomic E-state index is 11.3. The summed E-state index contributed by atoms with van der Waals surface area (Å²) in [6, 6.07) is 0. The molecule has 0 spiro atoms. The lowest BCUT2D eigenvalue weighted by Crippen LogP contribution is -2.28. The van der Waals surface area contributed by atoms with Crippen LogP contribution in [0.2, 0.25) is 0 Å². The monoisotopic (exact) mass is 197 g/mol. The number of aryl methyl sites for hydroxylation is 2. The SMILES string of the molecule is Cn1cnc2c1c(=O)[nH]c(=O)n2C.N. The van der Waals surface area contributed by atoms with Crippen LogP contribution in [0.1, 0.15) is 0 Å². The van der Waals surface area contributed by atoms with Crippen LogP contribution in [0.4, 0.5) is 0 Å². The zero-order chi connectivity index (χ0) is 9.59. The van der Waals surface area contributed by atoms with Crippen LogP contribution in [0, 0.1) is 0 Å². The van der Waals surface area contributed by atoms with E-state index in [2.05, 4.69) is 9.97 Å². The first-order valence-electron chi connectivity index (χ1n) is 3.71. The van der Waals surface area contributed by atoms with Gasteiger partial charge in [0.25, 0.3) is 5.56 Å². The minimum absolute atomic E-state index is 0. The first-order valence-corrected chi connectivity index (χ1v) is 3.71. The highest BCUT2D eigenvalue weighted by atomic mass is 16.2. The molecule has 0 aliphatic carbocycles. The molecule has 14 heavy (non-hydrogen) atoms. The van der Waals surface area contributed by atoms with E-state index in [1.807, 2.05) is 0 Å². The van der Waals surface area contributed by atoms with Crippen LogP contribution in [0.15, 0.2) is 15.9 Å². The Morgan fingerprint density at radius 1 is 1.36 bits per heavy atom. The van der Waals surface area contributed by atoms with Crippen LogP contribution in [-0.2, 0) is 14.1 Å². The average molecular weight is 197 g/mol. The molecule has 76 valence electrons. The second kappa shape index (κ2) is 3.11. The van der Waals surface area contributed by atoms with E-state index in [0.717, 1.165) is 0 Å². The molecule has 0 radical (unpaired) electrons. The van der Waals surface area contributed by atoms with Crippen LogP contribution in [0.5, 0.6) is 0 Å². The van der Waals surface area contributed by atoms with Gasteiger partial charge in [-0.25, -0.2) is 9.78 Å². The summed E-state index contributed by atoms with van der Waals surface area (Å²) in [5.41, 5.74) is -0.0485. The summed E-state index contributed by atoms with van der Waals surface area (Å²) in [7, 11) is 3.27. The van der Waals surface area contributed by atoms with Gasteiger partial charge in [-0.2, -0.15) is 0 Å². The van der Waals surface area contributed by atoms with Crippen molar-refractivity contribution >= 4 is 11.2 Å². The third kappa shape index (κ3) is 1.14. The van der Waals surface area contributed by atoms with E-state index in [1.54, 1.807) is 18.7 Å². The zero-order valence-electron chi connectivity index (χ0n) is 7.94. The summed E-state index contributed by atoms with van der Waals surface area (Å²) >= 11 is 0. The number of hydrogen-bond acceptors (Lipinski definition) is 4. The topological polar surface area (TPSA) is 108 Å². The van der Waals surface area contributed by atoms with Gasteiger partial charge in [-0.3, -0.25) is 14.3 Å². The minimum atomic E-state index is -0.448. The van der Waals surface area contributed by atoms with Gasteiger partial charge < -0.3 is 10.7 Å². The Morgan fingerprint density at radius 2 is 2.00 bits per heavy atom. The van der Waals surface area contributed by atoms with Crippen molar-refractivity contribution in [2.75, 3.05) is 0 Å². The molecular formula is C7H11N5O2. The second-order valence-electron chi connectivity index (χ2n) is 2.85. The number of fused-ring (bicyclic) bond motifs is 1. The average Bonchev–Trinajstić information content (AvgIpc) is 2.44. The third-order valence-corrected chi connectivity index (χ3v) is 1.98. The fraction of sp³-hybridized carbons (Fsp3) is 0.286. The second-order valence-corrected chi connectivity index (χ2v) is 2.85. The van der Waals surface area contributed by atoms with Gasteiger partial charge >= 0.3 is 5.69 Å². The molecule has 2 rings (SSSR count). The summed E-state index contributed by atoms with van der Waals surface area (Å²) < 4.78 is 2.88. The summed E-state index contributed by atoms with van der Waals surface area (Å²) in [5, 5.41) is 0.